The minimum atomic E-state index is 0.258. The zero-order valence-electron chi connectivity index (χ0n) is 24.6. The highest BCUT2D eigenvalue weighted by molar-refractivity contribution is 14.1. The van der Waals surface area contributed by atoms with Gasteiger partial charge in [0.05, 0.1) is 0 Å². The van der Waals surface area contributed by atoms with E-state index >= 15 is 0 Å². The Hall–Kier alpha value is -4.00. The van der Waals surface area contributed by atoms with Crippen LogP contribution in [0.25, 0.3) is 55.7 Å². The van der Waals surface area contributed by atoms with Gasteiger partial charge in [0.1, 0.15) is 0 Å². The van der Waals surface area contributed by atoms with Crippen LogP contribution in [0.1, 0.15) is 11.1 Å². The Morgan fingerprint density at radius 3 is 1.36 bits per heavy atom. The predicted octanol–water partition coefficient (Wildman–Crippen LogP) is 12.8. The van der Waals surface area contributed by atoms with E-state index < -0.39 is 0 Å². The summed E-state index contributed by atoms with van der Waals surface area (Å²) < 4.78 is 1.50. The van der Waals surface area contributed by atoms with E-state index in [9.17, 15) is 0 Å². The maximum Gasteiger partial charge on any atom is 0.0481 e. The van der Waals surface area contributed by atoms with Crippen molar-refractivity contribution in [3.05, 3.63) is 191 Å². The van der Waals surface area contributed by atoms with Crippen LogP contribution in [-0.2, 0) is 0 Å². The van der Waals surface area contributed by atoms with Crippen LogP contribution in [0, 0.1) is 3.57 Å². The summed E-state index contributed by atoms with van der Waals surface area (Å²) >= 11 is 4.99. The van der Waals surface area contributed by atoms with Crippen molar-refractivity contribution in [2.24, 2.45) is 0 Å². The van der Waals surface area contributed by atoms with Crippen molar-refractivity contribution in [1.82, 2.24) is 0 Å². The Morgan fingerprint density at radius 1 is 0.378 bits per heavy atom. The van der Waals surface area contributed by atoms with Gasteiger partial charge in [-0.05, 0) is 95.4 Å². The van der Waals surface area contributed by atoms with Gasteiger partial charge in [0.15, 0.2) is 0 Å². The molecule has 1 aliphatic rings. The molecule has 216 valence electrons. The standard InChI is InChI=1S/C43H30I2/c44-31-17-14-27-40(36-22-7-6-20-34(36)33-19-5-4-18-32(33)30-15-2-1-3-16-30)42(29-31)39-25-11-9-23-37(39)35-21-8-10-24-38(35)41-26-12-13-28-43(41)45/h1-29,31H. The zero-order chi connectivity index (χ0) is 30.6. The lowest BCUT2D eigenvalue weighted by Gasteiger charge is -2.22. The second-order valence-corrected chi connectivity index (χ2v) is 13.6. The SMILES string of the molecule is Ic1ccccc1-c1ccccc1-c1ccccc1C1=CC(I)C=CC=C1c1ccccc1-c1ccccc1-c1ccccc1. The molecule has 0 aromatic heterocycles. The van der Waals surface area contributed by atoms with E-state index in [-0.39, 0.29) is 3.92 Å². The summed E-state index contributed by atoms with van der Waals surface area (Å²) in [5.41, 5.74) is 14.8. The summed E-state index contributed by atoms with van der Waals surface area (Å²) in [6, 6.07) is 54.7. The van der Waals surface area contributed by atoms with Crippen molar-refractivity contribution < 1.29 is 0 Å². The van der Waals surface area contributed by atoms with Crippen LogP contribution in [-0.4, -0.2) is 3.92 Å². The van der Waals surface area contributed by atoms with Crippen molar-refractivity contribution in [2.75, 3.05) is 0 Å². The molecule has 2 heteroatoms. The van der Waals surface area contributed by atoms with Gasteiger partial charge >= 0.3 is 0 Å². The quantitative estimate of drug-likeness (QED) is 0.116. The van der Waals surface area contributed by atoms with Gasteiger partial charge in [0, 0.05) is 7.49 Å². The number of rotatable bonds is 6. The maximum atomic E-state index is 2.54. The third-order valence-electron chi connectivity index (χ3n) is 8.29. The van der Waals surface area contributed by atoms with Gasteiger partial charge in [-0.15, -0.1) is 0 Å². The van der Waals surface area contributed by atoms with Crippen molar-refractivity contribution in [1.29, 1.82) is 0 Å². The molecule has 0 aliphatic heterocycles. The van der Waals surface area contributed by atoms with Crippen LogP contribution >= 0.6 is 45.2 Å². The van der Waals surface area contributed by atoms with Crippen LogP contribution < -0.4 is 0 Å². The molecular formula is C43H30I2. The number of alkyl halides is 1. The molecule has 0 spiro atoms. The first kappa shape index (κ1) is 29.7. The number of allylic oxidation sites excluding steroid dienone is 6. The first-order chi connectivity index (χ1) is 22.2. The summed E-state index contributed by atoms with van der Waals surface area (Å²) in [4.78, 5) is 0. The monoisotopic (exact) mass is 800 g/mol. The summed E-state index contributed by atoms with van der Waals surface area (Å²) in [5.74, 6) is 0. The smallest absolute Gasteiger partial charge is 0.0481 e. The predicted molar refractivity (Wildman–Crippen MR) is 210 cm³/mol. The minimum absolute atomic E-state index is 0.258. The Morgan fingerprint density at radius 2 is 0.778 bits per heavy atom. The highest BCUT2D eigenvalue weighted by atomic mass is 127. The molecule has 0 heterocycles. The van der Waals surface area contributed by atoms with Gasteiger partial charge in [0.2, 0.25) is 0 Å². The lowest BCUT2D eigenvalue weighted by Crippen LogP contribution is -1.99. The maximum absolute atomic E-state index is 2.54. The van der Waals surface area contributed by atoms with Crippen LogP contribution in [0.5, 0.6) is 0 Å². The number of hydrogen-bond acceptors (Lipinski definition) is 0. The highest BCUT2D eigenvalue weighted by Gasteiger charge is 2.22. The molecule has 7 rings (SSSR count). The largest absolute Gasteiger partial charge is 0.0734 e. The lowest BCUT2D eigenvalue weighted by molar-refractivity contribution is 1.47. The van der Waals surface area contributed by atoms with E-state index in [1.165, 1.54) is 70.4 Å². The van der Waals surface area contributed by atoms with E-state index in [0.29, 0.717) is 0 Å². The Labute approximate surface area is 293 Å². The fourth-order valence-electron chi connectivity index (χ4n) is 6.25. The Kier molecular flexibility index (Phi) is 8.94. The van der Waals surface area contributed by atoms with Gasteiger partial charge in [-0.3, -0.25) is 0 Å². The summed E-state index contributed by atoms with van der Waals surface area (Å²) in [7, 11) is 0. The van der Waals surface area contributed by atoms with Crippen LogP contribution in [0.3, 0.4) is 0 Å². The lowest BCUT2D eigenvalue weighted by atomic mass is 9.82. The fraction of sp³-hybridized carbons (Fsp3) is 0.0233. The topological polar surface area (TPSA) is 0 Å². The van der Waals surface area contributed by atoms with E-state index in [4.69, 9.17) is 0 Å². The molecule has 6 aromatic carbocycles. The Bertz CT molecular complexity index is 2080. The number of hydrogen-bond donors (Lipinski definition) is 0. The first-order valence-corrected chi connectivity index (χ1v) is 17.4. The second-order valence-electron chi connectivity index (χ2n) is 11.0. The molecular weight excluding hydrogens is 770 g/mol. The Balaban J connectivity index is 1.42. The minimum Gasteiger partial charge on any atom is -0.0734 e. The summed E-state index contributed by atoms with van der Waals surface area (Å²) in [6.07, 6.45) is 9.22. The van der Waals surface area contributed by atoms with Gasteiger partial charge < -0.3 is 0 Å². The van der Waals surface area contributed by atoms with Crippen LogP contribution in [0.2, 0.25) is 0 Å². The van der Waals surface area contributed by atoms with E-state index in [2.05, 4.69) is 221 Å². The molecule has 0 saturated carbocycles. The molecule has 0 bridgehead atoms. The van der Waals surface area contributed by atoms with Crippen molar-refractivity contribution in [3.8, 4) is 44.5 Å². The number of halogens is 2. The molecule has 0 N–H and O–H groups in total. The molecule has 1 unspecified atom stereocenters. The molecule has 0 saturated heterocycles. The average molecular weight is 801 g/mol. The summed E-state index contributed by atoms with van der Waals surface area (Å²) in [5, 5.41) is 0. The van der Waals surface area contributed by atoms with E-state index in [1.807, 2.05) is 0 Å². The van der Waals surface area contributed by atoms with E-state index in [1.54, 1.807) is 0 Å². The molecule has 1 aliphatic carbocycles. The molecule has 1 atom stereocenters. The molecule has 0 amide bonds. The molecule has 0 nitrogen and oxygen atoms in total. The third kappa shape index (κ3) is 6.14. The van der Waals surface area contributed by atoms with Crippen molar-refractivity contribution >= 4 is 56.3 Å². The average Bonchev–Trinajstić information content (AvgIpc) is 3.30. The molecule has 6 aromatic rings. The first-order valence-electron chi connectivity index (χ1n) is 15.1. The number of benzene rings is 6. The van der Waals surface area contributed by atoms with Crippen LogP contribution in [0.15, 0.2) is 176 Å². The van der Waals surface area contributed by atoms with Crippen molar-refractivity contribution in [2.45, 2.75) is 3.92 Å². The normalized spacial score (nSPS) is 14.4. The van der Waals surface area contributed by atoms with Crippen LogP contribution in [0.4, 0.5) is 0 Å². The molecule has 0 fully saturated rings. The third-order valence-corrected chi connectivity index (χ3v) is 10.0. The van der Waals surface area contributed by atoms with Gasteiger partial charge in [-0.2, -0.15) is 0 Å². The van der Waals surface area contributed by atoms with E-state index in [0.717, 1.165) is 0 Å². The fourth-order valence-corrected chi connectivity index (χ4v) is 7.52. The van der Waals surface area contributed by atoms with Gasteiger partial charge in [-0.25, -0.2) is 0 Å². The van der Waals surface area contributed by atoms with Gasteiger partial charge in [0.25, 0.3) is 0 Å². The second kappa shape index (κ2) is 13.6. The molecule has 0 radical (unpaired) electrons. The highest BCUT2D eigenvalue weighted by Crippen LogP contribution is 2.45. The zero-order valence-corrected chi connectivity index (χ0v) is 28.9. The summed E-state index contributed by atoms with van der Waals surface area (Å²) in [6.45, 7) is 0. The molecule has 45 heavy (non-hydrogen) atoms. The van der Waals surface area contributed by atoms with Crippen molar-refractivity contribution in [3.63, 3.8) is 0 Å². The van der Waals surface area contributed by atoms with Gasteiger partial charge in [-0.1, -0.05) is 192 Å².